The van der Waals surface area contributed by atoms with Crippen molar-refractivity contribution in [1.82, 2.24) is 15.0 Å². The molecule has 3 aromatic rings. The summed E-state index contributed by atoms with van der Waals surface area (Å²) in [6.07, 6.45) is 3.46. The lowest BCUT2D eigenvalue weighted by atomic mass is 10.3. The van der Waals surface area contributed by atoms with Crippen LogP contribution >= 0.6 is 0 Å². The molecule has 128 valence electrons. The second-order valence-corrected chi connectivity index (χ2v) is 5.13. The van der Waals surface area contributed by atoms with Crippen LogP contribution in [0.15, 0.2) is 54.9 Å². The van der Waals surface area contributed by atoms with Gasteiger partial charge in [-0.2, -0.15) is 4.98 Å². The number of pyridine rings is 1. The van der Waals surface area contributed by atoms with Crippen LogP contribution in [0.4, 0.5) is 17.5 Å². The molecule has 0 aliphatic heterocycles. The fourth-order valence-electron chi connectivity index (χ4n) is 2.24. The van der Waals surface area contributed by atoms with Crippen molar-refractivity contribution in [2.24, 2.45) is 0 Å². The molecule has 0 bridgehead atoms. The lowest BCUT2D eigenvalue weighted by molar-refractivity contribution is 0.355. The first kappa shape index (κ1) is 16.5. The molecule has 7 heteroatoms. The third-order valence-corrected chi connectivity index (χ3v) is 3.47. The van der Waals surface area contributed by atoms with Gasteiger partial charge in [0.2, 0.25) is 5.95 Å². The molecule has 25 heavy (non-hydrogen) atoms. The lowest BCUT2D eigenvalue weighted by Gasteiger charge is -2.11. The maximum Gasteiger partial charge on any atom is 0.229 e. The van der Waals surface area contributed by atoms with Gasteiger partial charge in [-0.25, -0.2) is 4.98 Å². The standard InChI is InChI=1S/C18H19N5O2/c1-24-15-7-6-13(11-16(15)25-2)22-18-20-10-8-17(23-18)21-12-14-5-3-4-9-19-14/h3-11H,12H2,1-2H3,(H2,20,21,22,23). The van der Waals surface area contributed by atoms with E-state index in [0.717, 1.165) is 11.4 Å². The summed E-state index contributed by atoms with van der Waals surface area (Å²) in [6.45, 7) is 0.591. The second kappa shape index (κ2) is 7.96. The molecule has 3 rings (SSSR count). The SMILES string of the molecule is COc1ccc(Nc2nccc(NCc3ccccn3)n2)cc1OC. The number of anilines is 3. The van der Waals surface area contributed by atoms with Crippen molar-refractivity contribution in [3.05, 3.63) is 60.6 Å². The van der Waals surface area contributed by atoms with Crippen molar-refractivity contribution in [2.45, 2.75) is 6.54 Å². The third kappa shape index (κ3) is 4.35. The first-order valence-corrected chi connectivity index (χ1v) is 7.74. The Morgan fingerprint density at radius 1 is 0.920 bits per heavy atom. The van der Waals surface area contributed by atoms with Crippen molar-refractivity contribution < 1.29 is 9.47 Å². The summed E-state index contributed by atoms with van der Waals surface area (Å²) < 4.78 is 10.5. The summed E-state index contributed by atoms with van der Waals surface area (Å²) in [5, 5.41) is 6.38. The van der Waals surface area contributed by atoms with Crippen LogP contribution in [-0.2, 0) is 6.54 Å². The van der Waals surface area contributed by atoms with Gasteiger partial charge in [-0.05, 0) is 30.3 Å². The average molecular weight is 337 g/mol. The molecule has 0 aliphatic carbocycles. The van der Waals surface area contributed by atoms with Gasteiger partial charge in [-0.1, -0.05) is 6.07 Å². The molecule has 2 aromatic heterocycles. The summed E-state index contributed by atoms with van der Waals surface area (Å²) in [4.78, 5) is 13.0. The quantitative estimate of drug-likeness (QED) is 0.685. The molecule has 0 fully saturated rings. The highest BCUT2D eigenvalue weighted by atomic mass is 16.5. The third-order valence-electron chi connectivity index (χ3n) is 3.47. The topological polar surface area (TPSA) is 81.2 Å². The molecule has 2 heterocycles. The van der Waals surface area contributed by atoms with Gasteiger partial charge >= 0.3 is 0 Å². The molecule has 7 nitrogen and oxygen atoms in total. The van der Waals surface area contributed by atoms with E-state index in [-0.39, 0.29) is 0 Å². The van der Waals surface area contributed by atoms with E-state index in [0.29, 0.717) is 29.8 Å². The number of rotatable bonds is 7. The van der Waals surface area contributed by atoms with Crippen LogP contribution in [0, 0.1) is 0 Å². The molecule has 0 radical (unpaired) electrons. The predicted octanol–water partition coefficient (Wildman–Crippen LogP) is 3.24. The highest BCUT2D eigenvalue weighted by molar-refractivity contribution is 5.60. The zero-order valence-corrected chi connectivity index (χ0v) is 14.1. The first-order valence-electron chi connectivity index (χ1n) is 7.74. The Kier molecular flexibility index (Phi) is 5.26. The van der Waals surface area contributed by atoms with Gasteiger partial charge < -0.3 is 20.1 Å². The maximum atomic E-state index is 5.30. The van der Waals surface area contributed by atoms with Crippen LogP contribution in [0.25, 0.3) is 0 Å². The van der Waals surface area contributed by atoms with Gasteiger partial charge in [0.1, 0.15) is 5.82 Å². The summed E-state index contributed by atoms with van der Waals surface area (Å²) in [6, 6.07) is 13.1. The fraction of sp³-hybridized carbons (Fsp3) is 0.167. The highest BCUT2D eigenvalue weighted by Crippen LogP contribution is 2.30. The van der Waals surface area contributed by atoms with Crippen molar-refractivity contribution in [1.29, 1.82) is 0 Å². The number of methoxy groups -OCH3 is 2. The Balaban J connectivity index is 1.69. The maximum absolute atomic E-state index is 5.30. The zero-order chi connectivity index (χ0) is 17.5. The number of aromatic nitrogens is 3. The number of nitrogens with one attached hydrogen (secondary N) is 2. The van der Waals surface area contributed by atoms with Crippen molar-refractivity contribution >= 4 is 17.5 Å². The van der Waals surface area contributed by atoms with E-state index in [1.807, 2.05) is 42.5 Å². The minimum atomic E-state index is 0.484. The monoisotopic (exact) mass is 337 g/mol. The largest absolute Gasteiger partial charge is 0.493 e. The molecular weight excluding hydrogens is 318 g/mol. The highest BCUT2D eigenvalue weighted by Gasteiger charge is 2.06. The Labute approximate surface area is 146 Å². The molecule has 0 spiro atoms. The molecule has 2 N–H and O–H groups in total. The van der Waals surface area contributed by atoms with Crippen LogP contribution in [0.2, 0.25) is 0 Å². The van der Waals surface area contributed by atoms with E-state index < -0.39 is 0 Å². The normalized spacial score (nSPS) is 10.2. The van der Waals surface area contributed by atoms with Gasteiger partial charge in [0, 0.05) is 24.1 Å². The minimum absolute atomic E-state index is 0.484. The fourth-order valence-corrected chi connectivity index (χ4v) is 2.24. The molecule has 0 saturated heterocycles. The first-order chi connectivity index (χ1) is 12.3. The number of hydrogen-bond donors (Lipinski definition) is 2. The van der Waals surface area contributed by atoms with Crippen LogP contribution in [0.1, 0.15) is 5.69 Å². The summed E-state index contributed by atoms with van der Waals surface area (Å²) in [5.41, 5.74) is 1.75. The number of hydrogen-bond acceptors (Lipinski definition) is 7. The molecule has 0 amide bonds. The predicted molar refractivity (Wildman–Crippen MR) is 96.4 cm³/mol. The molecular formula is C18H19N5O2. The molecule has 1 aromatic carbocycles. The van der Waals surface area contributed by atoms with Crippen LogP contribution < -0.4 is 20.1 Å². The minimum Gasteiger partial charge on any atom is -0.493 e. The number of ether oxygens (including phenoxy) is 2. The summed E-state index contributed by atoms with van der Waals surface area (Å²) >= 11 is 0. The van der Waals surface area contributed by atoms with Gasteiger partial charge in [0.15, 0.2) is 11.5 Å². The van der Waals surface area contributed by atoms with Crippen molar-refractivity contribution in [2.75, 3.05) is 24.9 Å². The van der Waals surface area contributed by atoms with E-state index in [1.54, 1.807) is 26.6 Å². The van der Waals surface area contributed by atoms with Gasteiger partial charge in [-0.15, -0.1) is 0 Å². The molecule has 0 aliphatic rings. The van der Waals surface area contributed by atoms with Crippen molar-refractivity contribution in [3.63, 3.8) is 0 Å². The zero-order valence-electron chi connectivity index (χ0n) is 14.1. The van der Waals surface area contributed by atoms with E-state index >= 15 is 0 Å². The van der Waals surface area contributed by atoms with Crippen LogP contribution in [-0.4, -0.2) is 29.2 Å². The van der Waals surface area contributed by atoms with E-state index in [9.17, 15) is 0 Å². The number of nitrogens with zero attached hydrogens (tertiary/aromatic N) is 3. The Hall–Kier alpha value is -3.35. The van der Waals surface area contributed by atoms with Crippen LogP contribution in [0.3, 0.4) is 0 Å². The van der Waals surface area contributed by atoms with E-state index in [2.05, 4.69) is 25.6 Å². The van der Waals surface area contributed by atoms with Gasteiger partial charge in [0.25, 0.3) is 0 Å². The molecule has 0 atom stereocenters. The second-order valence-electron chi connectivity index (χ2n) is 5.13. The van der Waals surface area contributed by atoms with Gasteiger partial charge in [-0.3, -0.25) is 4.98 Å². The molecule has 0 unspecified atom stereocenters. The van der Waals surface area contributed by atoms with E-state index in [4.69, 9.17) is 9.47 Å². The van der Waals surface area contributed by atoms with Crippen molar-refractivity contribution in [3.8, 4) is 11.5 Å². The smallest absolute Gasteiger partial charge is 0.229 e. The Morgan fingerprint density at radius 2 is 1.80 bits per heavy atom. The van der Waals surface area contributed by atoms with E-state index in [1.165, 1.54) is 0 Å². The summed E-state index contributed by atoms with van der Waals surface area (Å²) in [5.74, 6) is 2.50. The summed E-state index contributed by atoms with van der Waals surface area (Å²) in [7, 11) is 3.20. The lowest BCUT2D eigenvalue weighted by Crippen LogP contribution is -2.05. The Bertz CT molecular complexity index is 827. The Morgan fingerprint density at radius 3 is 2.56 bits per heavy atom. The average Bonchev–Trinajstić information content (AvgIpc) is 2.67. The molecule has 0 saturated carbocycles. The van der Waals surface area contributed by atoms with Gasteiger partial charge in [0.05, 0.1) is 26.5 Å². The number of benzene rings is 1. The van der Waals surface area contributed by atoms with Crippen LogP contribution in [0.5, 0.6) is 11.5 Å².